The van der Waals surface area contributed by atoms with Crippen LogP contribution in [-0.2, 0) is 80.3 Å². The van der Waals surface area contributed by atoms with Gasteiger partial charge in [0.25, 0.3) is 44.9 Å². The van der Waals surface area contributed by atoms with Crippen molar-refractivity contribution in [2.75, 3.05) is 7.11 Å². The molecule has 344 valence electrons. The first kappa shape index (κ1) is 51.7. The Balaban J connectivity index is 2.91. The fraction of sp³-hybridized carbons (Fsp3) is 0.684. The number of thioether (sulfide) groups is 1. The zero-order valence-electron chi connectivity index (χ0n) is 27.7. The van der Waals surface area contributed by atoms with E-state index in [4.69, 9.17) is 9.47 Å². The van der Waals surface area contributed by atoms with Crippen LogP contribution in [0, 0.1) is 0 Å². The predicted octanol–water partition coefficient (Wildman–Crippen LogP) is -8.69. The summed E-state index contributed by atoms with van der Waals surface area (Å²) in [6, 6.07) is 3.35. The van der Waals surface area contributed by atoms with Crippen LogP contribution in [-0.4, -0.2) is 204 Å². The second-order valence-electron chi connectivity index (χ2n) is 12.0. The minimum atomic E-state index is -8.09. The van der Waals surface area contributed by atoms with E-state index in [1.165, 1.54) is 0 Å². The third-order valence-corrected chi connectivity index (χ3v) is 18.9. The van der Waals surface area contributed by atoms with Gasteiger partial charge in [-0.2, -0.15) is 58.9 Å². The minimum Gasteiger partial charge on any atom is -0.497 e. The largest absolute Gasteiger partial charge is 0.497 e. The molecular formula is C19H28O32S8. The maximum atomic E-state index is 13.3. The number of hydrogen-bond acceptors (Lipinski definition) is 26. The molecule has 2 aliphatic rings. The zero-order chi connectivity index (χ0) is 46.8. The maximum absolute atomic E-state index is 13.3. The molecule has 2 aliphatic heterocycles. The van der Waals surface area contributed by atoms with Gasteiger partial charge in [0.1, 0.15) is 18.0 Å². The van der Waals surface area contributed by atoms with Crippen molar-refractivity contribution in [3.8, 4) is 5.75 Å². The van der Waals surface area contributed by atoms with Gasteiger partial charge in [0.05, 0.1) is 7.11 Å². The topological polar surface area (TPSA) is 570 Å². The highest BCUT2D eigenvalue weighted by molar-refractivity contribution is 8.01. The lowest BCUT2D eigenvalue weighted by Crippen LogP contribution is -2.95. The molecular weight excluding hydrogens is 997 g/mol. The van der Waals surface area contributed by atoms with Gasteiger partial charge >= 0.3 is 50.6 Å². The molecule has 3 rings (SSSR count). The molecule has 0 aliphatic carbocycles. The van der Waals surface area contributed by atoms with Gasteiger partial charge in [-0.1, -0.05) is 11.8 Å². The SMILES string of the molecule is COc1ccc(S[C@@H]2O[C@H](C(O)S(=O)(=O)O)[C@](O)([C@@H]3O[C@H](C(O)S(=O)(=O)O)[C@](O)(S(=O)(=O)O)[C@@](O)(S(=O)(=O)O)[C@]3(O)S(=O)(=O)O)[C@@](O)(S(=O)(=O)O)[C@]2(O)S(=O)(=O)O)cc1. The quantitative estimate of drug-likeness (QED) is 0.0816. The standard InChI is InChI=1S/C19H28O32S8/c1-49-6-2-4-7(5-3-6)52-13-17(25,57(40,41)42)18(26,58(43,44)45)14(22,8(51-13)10(20)53(28,29)30)12-16(24,56(37,38)39)19(27,59(46,47)48)15(23,55(34,35)36)9(50-12)11(21)54(31,32)33/h2-5,8-13,20-27H,1H3,(H,28,29,30)(H,31,32,33)(H,34,35,36)(H,37,38,39)(H,40,41,42)(H,43,44,45)(H,46,47,48)/t8-,9-,10?,11?,12+,13+,14+,15+,16-,17-,18-,19-/m1/s1. The summed E-state index contributed by atoms with van der Waals surface area (Å²) in [6.45, 7) is 0. The molecule has 40 heteroatoms. The summed E-state index contributed by atoms with van der Waals surface area (Å²) in [5.41, 5.74) is -19.6. The van der Waals surface area contributed by atoms with Crippen molar-refractivity contribution in [2.45, 2.75) is 69.8 Å². The average molecular weight is 1020 g/mol. The van der Waals surface area contributed by atoms with Crippen LogP contribution in [0.15, 0.2) is 29.2 Å². The molecule has 0 saturated carbocycles. The monoisotopic (exact) mass is 1020 g/mol. The molecule has 1 aromatic rings. The van der Waals surface area contributed by atoms with Crippen LogP contribution in [0.2, 0.25) is 0 Å². The third-order valence-electron chi connectivity index (χ3n) is 8.80. The van der Waals surface area contributed by atoms with E-state index in [0.717, 1.165) is 31.4 Å². The highest BCUT2D eigenvalue weighted by Crippen LogP contribution is 2.62. The average Bonchev–Trinajstić information content (AvgIpc) is 3.03. The first-order valence-corrected chi connectivity index (χ1v) is 25.0. The van der Waals surface area contributed by atoms with Crippen molar-refractivity contribution in [1.82, 2.24) is 0 Å². The molecule has 1 aromatic carbocycles. The van der Waals surface area contributed by atoms with Gasteiger partial charge in [0.2, 0.25) is 10.9 Å². The predicted molar refractivity (Wildman–Crippen MR) is 179 cm³/mol. The van der Waals surface area contributed by atoms with Gasteiger partial charge in [0.15, 0.2) is 17.1 Å². The van der Waals surface area contributed by atoms with Crippen LogP contribution in [0.5, 0.6) is 5.75 Å². The Morgan fingerprint density at radius 1 is 0.542 bits per heavy atom. The Morgan fingerprint density at radius 3 is 1.24 bits per heavy atom. The van der Waals surface area contributed by atoms with E-state index >= 15 is 0 Å². The van der Waals surface area contributed by atoms with Crippen LogP contribution in [0.4, 0.5) is 0 Å². The minimum absolute atomic E-state index is 0.0933. The molecule has 12 atom stereocenters. The lowest BCUT2D eigenvalue weighted by atomic mass is 9.73. The van der Waals surface area contributed by atoms with Gasteiger partial charge in [-0.05, 0) is 24.3 Å². The first-order chi connectivity index (χ1) is 25.8. The molecule has 0 radical (unpaired) electrons. The summed E-state index contributed by atoms with van der Waals surface area (Å²) in [7, 11) is -51.9. The number of aliphatic hydroxyl groups is 8. The van der Waals surface area contributed by atoms with E-state index in [2.05, 4.69) is 4.74 Å². The van der Waals surface area contributed by atoms with Gasteiger partial charge in [-0.3, -0.25) is 31.9 Å². The molecule has 2 saturated heterocycles. The normalized spacial score (nSPS) is 38.0. The number of hydrogen-bond donors (Lipinski definition) is 15. The molecule has 59 heavy (non-hydrogen) atoms. The molecule has 0 spiro atoms. The summed E-state index contributed by atoms with van der Waals surface area (Å²) < 4.78 is 262. The summed E-state index contributed by atoms with van der Waals surface area (Å²) in [5, 5.41) is 90.8. The maximum Gasteiger partial charge on any atom is 0.303 e. The number of rotatable bonds is 13. The Hall–Kier alpha value is -1.66. The van der Waals surface area contributed by atoms with Crippen molar-refractivity contribution < 1.29 is 146 Å². The van der Waals surface area contributed by atoms with E-state index in [0.29, 0.717) is 0 Å². The van der Waals surface area contributed by atoms with E-state index in [9.17, 15) is 132 Å². The van der Waals surface area contributed by atoms with Crippen LogP contribution in [0.3, 0.4) is 0 Å². The summed E-state index contributed by atoms with van der Waals surface area (Å²) in [6.07, 6.45) is -15.4. The Morgan fingerprint density at radius 2 is 0.915 bits per heavy atom. The van der Waals surface area contributed by atoms with E-state index in [1.807, 2.05) is 0 Å². The van der Waals surface area contributed by atoms with Gasteiger partial charge in [-0.15, -0.1) is 0 Å². The summed E-state index contributed by atoms with van der Waals surface area (Å²) >= 11 is -0.626. The van der Waals surface area contributed by atoms with Crippen LogP contribution in [0.1, 0.15) is 0 Å². The smallest absolute Gasteiger partial charge is 0.303 e. The summed E-state index contributed by atoms with van der Waals surface area (Å²) in [4.78, 5) is -33.3. The van der Waals surface area contributed by atoms with Crippen LogP contribution >= 0.6 is 11.8 Å². The molecule has 2 heterocycles. The molecule has 32 nitrogen and oxygen atoms in total. The van der Waals surface area contributed by atoms with Gasteiger partial charge in [0, 0.05) is 4.90 Å². The molecule has 0 aromatic heterocycles. The third kappa shape index (κ3) is 7.08. The highest BCUT2D eigenvalue weighted by Gasteiger charge is 2.95. The Kier molecular flexibility index (Phi) is 12.9. The Labute approximate surface area is 333 Å². The first-order valence-electron chi connectivity index (χ1n) is 13.9. The van der Waals surface area contributed by atoms with E-state index < -0.39 is 152 Å². The lowest BCUT2D eigenvalue weighted by molar-refractivity contribution is -0.375. The number of benzene rings is 1. The number of methoxy groups -OCH3 is 1. The lowest BCUT2D eigenvalue weighted by Gasteiger charge is -2.64. The van der Waals surface area contributed by atoms with Crippen molar-refractivity contribution in [3.63, 3.8) is 0 Å². The fourth-order valence-corrected chi connectivity index (χ4v) is 15.8. The molecule has 0 bridgehead atoms. The second kappa shape index (κ2) is 14.7. The van der Waals surface area contributed by atoms with Crippen LogP contribution < -0.4 is 4.74 Å². The van der Waals surface area contributed by atoms with E-state index in [1.54, 1.807) is 0 Å². The number of ether oxygens (including phenoxy) is 3. The van der Waals surface area contributed by atoms with Crippen molar-refractivity contribution >= 4 is 82.6 Å². The van der Waals surface area contributed by atoms with Crippen molar-refractivity contribution in [1.29, 1.82) is 0 Å². The Bertz CT molecular complexity index is 2650. The second-order valence-corrected chi connectivity index (χ2v) is 24.0. The summed E-state index contributed by atoms with van der Waals surface area (Å²) in [5.74, 6) is -0.0933. The van der Waals surface area contributed by atoms with Crippen LogP contribution in [0.25, 0.3) is 0 Å². The van der Waals surface area contributed by atoms with Crippen molar-refractivity contribution in [2.24, 2.45) is 0 Å². The van der Waals surface area contributed by atoms with Crippen molar-refractivity contribution in [3.05, 3.63) is 24.3 Å². The van der Waals surface area contributed by atoms with Gasteiger partial charge in [-0.25, -0.2) is 0 Å². The van der Waals surface area contributed by atoms with Gasteiger partial charge < -0.3 is 55.1 Å². The number of aliphatic hydroxyl groups excluding tert-OH is 2. The molecule has 0 amide bonds. The highest BCUT2D eigenvalue weighted by atomic mass is 32.3. The molecule has 2 unspecified atom stereocenters. The molecule has 15 N–H and O–H groups in total. The van der Waals surface area contributed by atoms with E-state index in [-0.39, 0.29) is 5.75 Å². The fourth-order valence-electron chi connectivity index (χ4n) is 6.09. The zero-order valence-corrected chi connectivity index (χ0v) is 34.2. The molecule has 2 fully saturated rings.